The monoisotopic (exact) mass is 500 g/mol. The predicted molar refractivity (Wildman–Crippen MR) is 114 cm³/mol. The lowest BCUT2D eigenvalue weighted by Gasteiger charge is -2.39. The molecule has 1 saturated carbocycles. The summed E-state index contributed by atoms with van der Waals surface area (Å²) in [6.45, 7) is 1.43. The van der Waals surface area contributed by atoms with Gasteiger partial charge in [0.25, 0.3) is 0 Å². The smallest absolute Gasteiger partial charge is 0.433 e. The van der Waals surface area contributed by atoms with E-state index in [0.29, 0.717) is 24.5 Å². The van der Waals surface area contributed by atoms with Crippen molar-refractivity contribution >= 4 is 17.3 Å². The first-order chi connectivity index (χ1) is 16.5. The number of fused-ring (bicyclic) bond motifs is 3. The molecule has 1 aliphatic carbocycles. The minimum Gasteiger partial charge on any atom is -0.480 e. The van der Waals surface area contributed by atoms with Gasteiger partial charge in [-0.1, -0.05) is 0 Å². The Bertz CT molecular complexity index is 1210. The standard InChI is InChI=1S/C22H22F6N6O/c1-12-2-5-16(35-11-21(23,24)25)19-31-20(32-34(12)19)30-18-13-3-4-14(18)10-33(9-13)15-6-7-29-17(8-15)22(26,27)28/h2,5-8,13-14,18H,3-4,9-11H2,1H3,(H,30,32). The molecule has 1 aliphatic heterocycles. The quantitative estimate of drug-likeness (QED) is 0.512. The molecular weight excluding hydrogens is 478 g/mol. The lowest BCUT2D eigenvalue weighted by molar-refractivity contribution is -0.153. The molecule has 1 N–H and O–H groups in total. The molecule has 0 spiro atoms. The van der Waals surface area contributed by atoms with Gasteiger partial charge in [0.15, 0.2) is 18.0 Å². The fourth-order valence-corrected chi connectivity index (χ4v) is 4.98. The number of aromatic nitrogens is 4. The molecule has 0 aromatic carbocycles. The summed E-state index contributed by atoms with van der Waals surface area (Å²) in [5.41, 5.74) is 0.417. The van der Waals surface area contributed by atoms with Crippen LogP contribution in [-0.2, 0) is 6.18 Å². The van der Waals surface area contributed by atoms with E-state index in [1.165, 1.54) is 16.8 Å². The topological polar surface area (TPSA) is 67.6 Å². The number of nitrogens with zero attached hydrogens (tertiary/aromatic N) is 5. The van der Waals surface area contributed by atoms with Crippen molar-refractivity contribution in [3.05, 3.63) is 41.9 Å². The number of ether oxygens (including phenoxy) is 1. The van der Waals surface area contributed by atoms with Crippen LogP contribution < -0.4 is 15.0 Å². The first kappa shape index (κ1) is 23.5. The number of piperidine rings is 1. The number of hydrogen-bond donors (Lipinski definition) is 1. The third-order valence-corrected chi connectivity index (χ3v) is 6.56. The van der Waals surface area contributed by atoms with Gasteiger partial charge >= 0.3 is 12.4 Å². The maximum Gasteiger partial charge on any atom is 0.433 e. The normalized spacial score (nSPS) is 22.6. The minimum absolute atomic E-state index is 0.00700. The second-order valence-corrected chi connectivity index (χ2v) is 8.98. The second kappa shape index (κ2) is 8.45. The Labute approximate surface area is 196 Å². The van der Waals surface area contributed by atoms with E-state index in [9.17, 15) is 26.3 Å². The van der Waals surface area contributed by atoms with Crippen molar-refractivity contribution in [3.8, 4) is 5.75 Å². The number of nitrogens with one attached hydrogen (secondary N) is 1. The molecular formula is C22H22F6N6O. The average Bonchev–Trinajstić information content (AvgIpc) is 3.30. The zero-order valence-electron chi connectivity index (χ0n) is 18.6. The molecule has 13 heteroatoms. The van der Waals surface area contributed by atoms with E-state index in [1.807, 2.05) is 4.90 Å². The van der Waals surface area contributed by atoms with Gasteiger partial charge in [-0.15, -0.1) is 5.10 Å². The average molecular weight is 500 g/mol. The SMILES string of the molecule is Cc1ccc(OCC(F)(F)F)c2nc(NC3C4CCC3CN(c3ccnc(C(F)(F)F)c3)C4)nn12. The summed E-state index contributed by atoms with van der Waals surface area (Å²) in [6.07, 6.45) is -6.03. The fraction of sp³-hybridized carbons (Fsp3) is 0.500. The fourth-order valence-electron chi connectivity index (χ4n) is 4.98. The van der Waals surface area contributed by atoms with Crippen LogP contribution >= 0.6 is 0 Å². The third-order valence-electron chi connectivity index (χ3n) is 6.56. The Morgan fingerprint density at radius 1 is 1.06 bits per heavy atom. The predicted octanol–water partition coefficient (Wildman–Crippen LogP) is 4.72. The summed E-state index contributed by atoms with van der Waals surface area (Å²) >= 11 is 0. The molecule has 4 heterocycles. The molecule has 0 radical (unpaired) electrons. The lowest BCUT2D eigenvalue weighted by Crippen LogP contribution is -2.48. The van der Waals surface area contributed by atoms with Crippen molar-refractivity contribution in [2.75, 3.05) is 29.9 Å². The van der Waals surface area contributed by atoms with Crippen molar-refractivity contribution in [1.82, 2.24) is 19.6 Å². The molecule has 35 heavy (non-hydrogen) atoms. The van der Waals surface area contributed by atoms with E-state index in [-0.39, 0.29) is 35.2 Å². The number of rotatable bonds is 5. The molecule has 2 unspecified atom stereocenters. The van der Waals surface area contributed by atoms with Crippen LogP contribution in [0.5, 0.6) is 5.75 Å². The van der Waals surface area contributed by atoms with Crippen molar-refractivity contribution in [1.29, 1.82) is 0 Å². The molecule has 2 atom stereocenters. The van der Waals surface area contributed by atoms with Gasteiger partial charge in [-0.3, -0.25) is 4.98 Å². The zero-order chi connectivity index (χ0) is 25.0. The van der Waals surface area contributed by atoms with Crippen molar-refractivity contribution < 1.29 is 31.1 Å². The molecule has 7 nitrogen and oxygen atoms in total. The molecule has 0 amide bonds. The van der Waals surface area contributed by atoms with Crippen molar-refractivity contribution in [2.45, 2.75) is 38.2 Å². The number of anilines is 2. The van der Waals surface area contributed by atoms with E-state index < -0.39 is 24.7 Å². The van der Waals surface area contributed by atoms with Crippen LogP contribution in [0.4, 0.5) is 38.0 Å². The molecule has 188 valence electrons. The Kier molecular flexibility index (Phi) is 5.67. The number of pyridine rings is 2. The van der Waals surface area contributed by atoms with E-state index in [1.54, 1.807) is 19.1 Å². The lowest BCUT2D eigenvalue weighted by atomic mass is 9.92. The summed E-state index contributed by atoms with van der Waals surface area (Å²) in [7, 11) is 0. The van der Waals surface area contributed by atoms with E-state index in [2.05, 4.69) is 20.4 Å². The number of aryl methyl sites for hydroxylation is 1. The van der Waals surface area contributed by atoms with Crippen LogP contribution in [0, 0.1) is 18.8 Å². The number of halogens is 6. The van der Waals surface area contributed by atoms with Crippen molar-refractivity contribution in [2.24, 2.45) is 11.8 Å². The molecule has 5 rings (SSSR count). The molecule has 2 aliphatic rings. The van der Waals surface area contributed by atoms with Crippen LogP contribution in [-0.4, -0.2) is 51.5 Å². The highest BCUT2D eigenvalue weighted by Gasteiger charge is 2.43. The largest absolute Gasteiger partial charge is 0.480 e. The van der Waals surface area contributed by atoms with Gasteiger partial charge < -0.3 is 15.0 Å². The maximum atomic E-state index is 13.1. The summed E-state index contributed by atoms with van der Waals surface area (Å²) in [6, 6.07) is 5.68. The maximum absolute atomic E-state index is 13.1. The molecule has 3 aromatic rings. The summed E-state index contributed by atoms with van der Waals surface area (Å²) in [5, 5.41) is 7.74. The summed E-state index contributed by atoms with van der Waals surface area (Å²) in [4.78, 5) is 9.76. The van der Waals surface area contributed by atoms with Gasteiger partial charge in [-0.25, -0.2) is 4.52 Å². The highest BCUT2D eigenvalue weighted by Crippen LogP contribution is 2.41. The Hall–Kier alpha value is -3.25. The van der Waals surface area contributed by atoms with Gasteiger partial charge in [0.2, 0.25) is 5.95 Å². The van der Waals surface area contributed by atoms with Crippen LogP contribution in [0.15, 0.2) is 30.5 Å². The highest BCUT2D eigenvalue weighted by atomic mass is 19.4. The van der Waals surface area contributed by atoms with Crippen LogP contribution in [0.2, 0.25) is 0 Å². The first-order valence-corrected chi connectivity index (χ1v) is 11.1. The Morgan fingerprint density at radius 3 is 2.43 bits per heavy atom. The van der Waals surface area contributed by atoms with E-state index >= 15 is 0 Å². The minimum atomic E-state index is -4.51. The summed E-state index contributed by atoms with van der Waals surface area (Å²) < 4.78 is 83.5. The van der Waals surface area contributed by atoms with E-state index in [4.69, 9.17) is 4.74 Å². The molecule has 1 saturated heterocycles. The second-order valence-electron chi connectivity index (χ2n) is 8.98. The third kappa shape index (κ3) is 4.80. The van der Waals surface area contributed by atoms with Gasteiger partial charge in [0.05, 0.1) is 0 Å². The van der Waals surface area contributed by atoms with Crippen LogP contribution in [0.1, 0.15) is 24.2 Å². The van der Waals surface area contributed by atoms with Crippen molar-refractivity contribution in [3.63, 3.8) is 0 Å². The van der Waals surface area contributed by atoms with Gasteiger partial charge in [0.1, 0.15) is 5.69 Å². The highest BCUT2D eigenvalue weighted by molar-refractivity contribution is 5.57. The van der Waals surface area contributed by atoms with E-state index in [0.717, 1.165) is 18.9 Å². The number of hydrogen-bond acceptors (Lipinski definition) is 6. The van der Waals surface area contributed by atoms with Gasteiger partial charge in [-0.05, 0) is 55.9 Å². The zero-order valence-corrected chi connectivity index (χ0v) is 18.6. The molecule has 3 aromatic heterocycles. The van der Waals surface area contributed by atoms with Gasteiger partial charge in [-0.2, -0.15) is 31.3 Å². The Morgan fingerprint density at radius 2 is 1.77 bits per heavy atom. The van der Waals surface area contributed by atoms with Crippen LogP contribution in [0.3, 0.4) is 0 Å². The first-order valence-electron chi connectivity index (χ1n) is 11.1. The summed E-state index contributed by atoms with van der Waals surface area (Å²) in [5.74, 6) is 0.536. The van der Waals surface area contributed by atoms with Gasteiger partial charge in [0, 0.05) is 36.7 Å². The van der Waals surface area contributed by atoms with Crippen LogP contribution in [0.25, 0.3) is 5.65 Å². The molecule has 2 bridgehead atoms. The Balaban J connectivity index is 1.33. The molecule has 2 fully saturated rings. The number of alkyl halides is 6.